The van der Waals surface area contributed by atoms with Gasteiger partial charge < -0.3 is 10.8 Å². The molecule has 0 radical (unpaired) electrons. The molecule has 5 nitrogen and oxygen atoms in total. The highest BCUT2D eigenvalue weighted by Crippen LogP contribution is 2.32. The standard InChI is InChI=1S/C9H8ClF3N2O3/c10-5-2-1-4(3-6(5)15(17)18)7(14)8(16)9(11,12)13/h1-3,7-8,16H,14H2/t7-,8-/m0/s1. The smallest absolute Gasteiger partial charge is 0.382 e. The molecule has 9 heteroatoms. The SMILES string of the molecule is N[C@@H](c1ccc(Cl)c([N+](=O)[O-])c1)[C@H](O)C(F)(F)F. The molecule has 0 heterocycles. The Bertz CT molecular complexity index is 467. The monoisotopic (exact) mass is 284 g/mol. The van der Waals surface area contributed by atoms with E-state index < -0.39 is 28.9 Å². The number of hydrogen-bond acceptors (Lipinski definition) is 4. The summed E-state index contributed by atoms with van der Waals surface area (Å²) in [6, 6.07) is 1.13. The first-order valence-corrected chi connectivity index (χ1v) is 4.96. The van der Waals surface area contributed by atoms with Gasteiger partial charge in [-0.15, -0.1) is 0 Å². The van der Waals surface area contributed by atoms with Crippen molar-refractivity contribution in [1.29, 1.82) is 0 Å². The molecular weight excluding hydrogens is 277 g/mol. The number of benzene rings is 1. The zero-order chi connectivity index (χ0) is 14.1. The van der Waals surface area contributed by atoms with E-state index >= 15 is 0 Å². The van der Waals surface area contributed by atoms with Crippen molar-refractivity contribution >= 4 is 17.3 Å². The van der Waals surface area contributed by atoms with Crippen molar-refractivity contribution in [3.8, 4) is 0 Å². The van der Waals surface area contributed by atoms with E-state index in [9.17, 15) is 23.3 Å². The number of aliphatic hydroxyl groups excluding tert-OH is 1. The van der Waals surface area contributed by atoms with Crippen molar-refractivity contribution in [2.45, 2.75) is 18.3 Å². The van der Waals surface area contributed by atoms with Gasteiger partial charge in [0.15, 0.2) is 6.10 Å². The second-order valence-corrected chi connectivity index (χ2v) is 3.89. The summed E-state index contributed by atoms with van der Waals surface area (Å²) in [6.07, 6.45) is -7.72. The van der Waals surface area contributed by atoms with Gasteiger partial charge in [-0.1, -0.05) is 17.7 Å². The molecule has 0 bridgehead atoms. The van der Waals surface area contributed by atoms with Crippen LogP contribution < -0.4 is 5.73 Å². The minimum absolute atomic E-state index is 0.225. The van der Waals surface area contributed by atoms with Gasteiger partial charge in [-0.3, -0.25) is 10.1 Å². The van der Waals surface area contributed by atoms with Gasteiger partial charge in [-0.05, 0) is 11.6 Å². The Morgan fingerprint density at radius 2 is 2.00 bits per heavy atom. The van der Waals surface area contributed by atoms with Crippen LogP contribution in [0.15, 0.2) is 18.2 Å². The molecule has 0 aliphatic rings. The van der Waals surface area contributed by atoms with Crippen molar-refractivity contribution in [2.75, 3.05) is 0 Å². The molecule has 1 aromatic carbocycles. The molecule has 0 spiro atoms. The van der Waals surface area contributed by atoms with Crippen molar-refractivity contribution in [1.82, 2.24) is 0 Å². The third kappa shape index (κ3) is 3.09. The summed E-state index contributed by atoms with van der Waals surface area (Å²) < 4.78 is 36.7. The molecule has 0 amide bonds. The summed E-state index contributed by atoms with van der Waals surface area (Å²) in [5, 5.41) is 19.3. The summed E-state index contributed by atoms with van der Waals surface area (Å²) in [6.45, 7) is 0. The zero-order valence-electron chi connectivity index (χ0n) is 8.69. The van der Waals surface area contributed by atoms with Gasteiger partial charge in [0.1, 0.15) is 5.02 Å². The number of nitro groups is 1. The van der Waals surface area contributed by atoms with Gasteiger partial charge >= 0.3 is 6.18 Å². The molecular formula is C9H8ClF3N2O3. The Labute approximate surface area is 104 Å². The third-order valence-electron chi connectivity index (χ3n) is 2.23. The van der Waals surface area contributed by atoms with Gasteiger partial charge in [-0.25, -0.2) is 0 Å². The van der Waals surface area contributed by atoms with Crippen LogP contribution in [0.5, 0.6) is 0 Å². The highest BCUT2D eigenvalue weighted by atomic mass is 35.5. The van der Waals surface area contributed by atoms with Crippen LogP contribution in [0, 0.1) is 10.1 Å². The topological polar surface area (TPSA) is 89.4 Å². The molecule has 0 aliphatic carbocycles. The lowest BCUT2D eigenvalue weighted by Gasteiger charge is -2.21. The lowest BCUT2D eigenvalue weighted by molar-refractivity contribution is -0.384. The number of hydrogen-bond donors (Lipinski definition) is 2. The fourth-order valence-electron chi connectivity index (χ4n) is 1.26. The maximum absolute atomic E-state index is 12.2. The molecule has 18 heavy (non-hydrogen) atoms. The summed E-state index contributed by atoms with van der Waals surface area (Å²) in [5.74, 6) is 0. The van der Waals surface area contributed by atoms with E-state index in [1.165, 1.54) is 0 Å². The van der Waals surface area contributed by atoms with Crippen LogP contribution in [0.25, 0.3) is 0 Å². The fourth-order valence-corrected chi connectivity index (χ4v) is 1.45. The van der Waals surface area contributed by atoms with Gasteiger partial charge in [0.2, 0.25) is 0 Å². The normalized spacial score (nSPS) is 15.2. The average Bonchev–Trinajstić information content (AvgIpc) is 2.26. The summed E-state index contributed by atoms with van der Waals surface area (Å²) in [5.41, 5.74) is 4.41. The number of nitro benzene ring substituents is 1. The van der Waals surface area contributed by atoms with Gasteiger partial charge in [0.05, 0.1) is 11.0 Å². The first kappa shape index (κ1) is 14.7. The quantitative estimate of drug-likeness (QED) is 0.657. The maximum atomic E-state index is 12.2. The fraction of sp³-hybridized carbons (Fsp3) is 0.333. The zero-order valence-corrected chi connectivity index (χ0v) is 9.44. The number of nitrogens with zero attached hydrogens (tertiary/aromatic N) is 1. The molecule has 0 aromatic heterocycles. The van der Waals surface area contributed by atoms with Crippen LogP contribution in [0.3, 0.4) is 0 Å². The van der Waals surface area contributed by atoms with E-state index in [1.807, 2.05) is 0 Å². The number of rotatable bonds is 3. The van der Waals surface area contributed by atoms with Crippen molar-refractivity contribution in [3.63, 3.8) is 0 Å². The van der Waals surface area contributed by atoms with E-state index in [-0.39, 0.29) is 10.6 Å². The van der Waals surface area contributed by atoms with E-state index in [2.05, 4.69) is 0 Å². The average molecular weight is 285 g/mol. The largest absolute Gasteiger partial charge is 0.416 e. The lowest BCUT2D eigenvalue weighted by atomic mass is 10.0. The highest BCUT2D eigenvalue weighted by Gasteiger charge is 2.43. The number of aliphatic hydroxyl groups is 1. The molecule has 3 N–H and O–H groups in total. The predicted molar refractivity (Wildman–Crippen MR) is 57.1 cm³/mol. The molecule has 100 valence electrons. The number of halogens is 4. The Balaban J connectivity index is 3.11. The summed E-state index contributed by atoms with van der Waals surface area (Å²) >= 11 is 5.50. The van der Waals surface area contributed by atoms with Crippen LogP contribution in [0.4, 0.5) is 18.9 Å². The van der Waals surface area contributed by atoms with E-state index in [4.69, 9.17) is 22.4 Å². The highest BCUT2D eigenvalue weighted by molar-refractivity contribution is 6.32. The molecule has 0 aliphatic heterocycles. The van der Waals surface area contributed by atoms with E-state index in [0.717, 1.165) is 18.2 Å². The summed E-state index contributed by atoms with van der Waals surface area (Å²) in [4.78, 5) is 9.71. The minimum atomic E-state index is -4.91. The molecule has 1 aromatic rings. The Morgan fingerprint density at radius 3 is 2.44 bits per heavy atom. The lowest BCUT2D eigenvalue weighted by Crippen LogP contribution is -2.38. The number of nitrogens with two attached hydrogens (primary N) is 1. The molecule has 0 fully saturated rings. The maximum Gasteiger partial charge on any atom is 0.416 e. The van der Waals surface area contributed by atoms with Crippen LogP contribution in [-0.4, -0.2) is 22.3 Å². The van der Waals surface area contributed by atoms with Gasteiger partial charge in [0, 0.05) is 6.07 Å². The van der Waals surface area contributed by atoms with E-state index in [1.54, 1.807) is 0 Å². The molecule has 2 atom stereocenters. The van der Waals surface area contributed by atoms with Crippen LogP contribution in [0.2, 0.25) is 5.02 Å². The van der Waals surface area contributed by atoms with Crippen LogP contribution in [0.1, 0.15) is 11.6 Å². The second-order valence-electron chi connectivity index (χ2n) is 3.48. The molecule has 0 saturated carbocycles. The first-order valence-electron chi connectivity index (χ1n) is 4.58. The second kappa shape index (κ2) is 5.09. The van der Waals surface area contributed by atoms with Crippen LogP contribution in [-0.2, 0) is 0 Å². The summed E-state index contributed by atoms with van der Waals surface area (Å²) in [7, 11) is 0. The molecule has 0 saturated heterocycles. The Kier molecular flexibility index (Phi) is 4.15. The number of alkyl halides is 3. The van der Waals surface area contributed by atoms with Gasteiger partial charge in [0.25, 0.3) is 5.69 Å². The third-order valence-corrected chi connectivity index (χ3v) is 2.55. The molecule has 0 unspecified atom stereocenters. The van der Waals surface area contributed by atoms with E-state index in [0.29, 0.717) is 0 Å². The molecule has 1 rings (SSSR count). The van der Waals surface area contributed by atoms with Crippen molar-refractivity contribution in [3.05, 3.63) is 38.9 Å². The van der Waals surface area contributed by atoms with Crippen molar-refractivity contribution in [2.24, 2.45) is 5.73 Å². The predicted octanol–water partition coefficient (Wildman–Crippen LogP) is 2.17. The Hall–Kier alpha value is -1.38. The van der Waals surface area contributed by atoms with Crippen LogP contribution >= 0.6 is 11.6 Å². The first-order chi connectivity index (χ1) is 8.14. The Morgan fingerprint density at radius 1 is 1.44 bits per heavy atom. The van der Waals surface area contributed by atoms with Crippen molar-refractivity contribution < 1.29 is 23.2 Å². The van der Waals surface area contributed by atoms with Gasteiger partial charge in [-0.2, -0.15) is 13.2 Å². The minimum Gasteiger partial charge on any atom is -0.382 e.